The molecule has 1 atom stereocenters. The van der Waals surface area contributed by atoms with E-state index in [4.69, 9.17) is 10.6 Å². The zero-order valence-corrected chi connectivity index (χ0v) is 16.7. The molecule has 2 rings (SSSR count). The minimum Gasteiger partial charge on any atom is -0.494 e. The molecule has 0 aliphatic rings. The minimum absolute atomic E-state index is 0.0201. The summed E-state index contributed by atoms with van der Waals surface area (Å²) >= 11 is 0. The molecule has 2 aromatic rings. The Labute approximate surface area is 171 Å². The smallest absolute Gasteiger partial charge is 0.288 e. The van der Waals surface area contributed by atoms with Gasteiger partial charge in [0.15, 0.2) is 0 Å². The number of hydrazine groups is 1. The summed E-state index contributed by atoms with van der Waals surface area (Å²) in [7, 11) is 0. The fraction of sp³-hybridized carbons (Fsp3) is 0.217. The highest BCUT2D eigenvalue weighted by molar-refractivity contribution is 6.37. The molecule has 0 heterocycles. The summed E-state index contributed by atoms with van der Waals surface area (Å²) in [5.41, 5.74) is 5.20. The first-order valence-electron chi connectivity index (χ1n) is 9.35. The summed E-state index contributed by atoms with van der Waals surface area (Å²) in [5.74, 6) is 12.1. The van der Waals surface area contributed by atoms with Crippen molar-refractivity contribution >= 4 is 11.7 Å². The van der Waals surface area contributed by atoms with Crippen LogP contribution in [0.5, 0.6) is 5.75 Å². The van der Waals surface area contributed by atoms with Gasteiger partial charge in [-0.25, -0.2) is 10.8 Å². The zero-order chi connectivity index (χ0) is 21.1. The van der Waals surface area contributed by atoms with E-state index >= 15 is 0 Å². The third-order valence-corrected chi connectivity index (χ3v) is 3.96. The second-order valence-electron chi connectivity index (χ2n) is 6.29. The average molecular weight is 390 g/mol. The second-order valence-corrected chi connectivity index (χ2v) is 6.29. The molecule has 0 saturated carbocycles. The lowest BCUT2D eigenvalue weighted by atomic mass is 10.0. The first-order chi connectivity index (χ1) is 14.0. The van der Waals surface area contributed by atoms with Crippen LogP contribution in [-0.2, 0) is 11.2 Å². The Hall–Kier alpha value is -3.56. The normalized spacial score (nSPS) is 11.6. The number of ether oxygens (including phenoxy) is 1. The predicted octanol–water partition coefficient (Wildman–Crippen LogP) is 2.54. The quantitative estimate of drug-likeness (QED) is 0.233. The van der Waals surface area contributed by atoms with Gasteiger partial charge in [-0.2, -0.15) is 0 Å². The van der Waals surface area contributed by atoms with E-state index in [9.17, 15) is 4.79 Å². The largest absolute Gasteiger partial charge is 0.494 e. The van der Waals surface area contributed by atoms with Crippen LogP contribution in [0, 0.1) is 11.8 Å². The van der Waals surface area contributed by atoms with Gasteiger partial charge < -0.3 is 15.5 Å². The fourth-order valence-electron chi connectivity index (χ4n) is 2.62. The first kappa shape index (κ1) is 21.7. The minimum atomic E-state index is -0.377. The van der Waals surface area contributed by atoms with Crippen LogP contribution in [0.25, 0.3) is 0 Å². The monoisotopic (exact) mass is 390 g/mol. The molecular formula is C23H26N4O2. The summed E-state index contributed by atoms with van der Waals surface area (Å²) in [4.78, 5) is 15.8. The van der Waals surface area contributed by atoms with Gasteiger partial charge >= 0.3 is 0 Å². The zero-order valence-electron chi connectivity index (χ0n) is 16.7. The summed E-state index contributed by atoms with van der Waals surface area (Å²) in [6, 6.07) is 15.6. The van der Waals surface area contributed by atoms with Gasteiger partial charge in [0, 0.05) is 23.4 Å². The molecule has 150 valence electrons. The van der Waals surface area contributed by atoms with Crippen molar-refractivity contribution in [2.45, 2.75) is 26.3 Å². The number of nitrogens with two attached hydrogens (primary N) is 1. The van der Waals surface area contributed by atoms with E-state index in [1.54, 1.807) is 0 Å². The van der Waals surface area contributed by atoms with Gasteiger partial charge in [0.05, 0.1) is 6.61 Å². The van der Waals surface area contributed by atoms with Gasteiger partial charge in [-0.15, -0.1) is 0 Å². The molecule has 0 aliphatic carbocycles. The summed E-state index contributed by atoms with van der Waals surface area (Å²) in [5, 5.41) is 2.84. The Balaban J connectivity index is 1.94. The van der Waals surface area contributed by atoms with Crippen molar-refractivity contribution in [3.05, 3.63) is 78.0 Å². The number of rotatable bonds is 6. The molecule has 29 heavy (non-hydrogen) atoms. The van der Waals surface area contributed by atoms with Crippen molar-refractivity contribution < 1.29 is 9.53 Å². The highest BCUT2D eigenvalue weighted by Gasteiger charge is 2.13. The molecule has 6 heteroatoms. The Kier molecular flexibility index (Phi) is 8.49. The van der Waals surface area contributed by atoms with Crippen LogP contribution in [0.3, 0.4) is 0 Å². The van der Waals surface area contributed by atoms with Crippen molar-refractivity contribution in [2.24, 2.45) is 10.8 Å². The molecule has 6 nitrogen and oxygen atoms in total. The van der Waals surface area contributed by atoms with Crippen LogP contribution in [-0.4, -0.2) is 24.4 Å². The van der Waals surface area contributed by atoms with Crippen molar-refractivity contribution in [2.75, 3.05) is 6.61 Å². The highest BCUT2D eigenvalue weighted by atomic mass is 16.5. The van der Waals surface area contributed by atoms with E-state index in [0.29, 0.717) is 13.0 Å². The number of carbonyl (C=O) groups is 1. The standard InChI is InChI=1S/C23H26N4O2/c1-4-25-22(27-24)23(28)26-17(3)16-20-10-8-18(9-11-20)6-7-19-12-14-21(15-13-19)29-5-2/h4,8-15,17H,1,5,16,24H2,2-3H3,(H,25,27)(H,26,28). The lowest BCUT2D eigenvalue weighted by molar-refractivity contribution is -0.115. The lowest BCUT2D eigenvalue weighted by Crippen LogP contribution is -2.46. The van der Waals surface area contributed by atoms with Crippen molar-refractivity contribution in [1.82, 2.24) is 10.7 Å². The highest BCUT2D eigenvalue weighted by Crippen LogP contribution is 2.12. The SMILES string of the molecule is C=CN=C(NN)C(=O)NC(C)Cc1ccc(C#Cc2ccc(OCC)cc2)cc1. The van der Waals surface area contributed by atoms with E-state index in [-0.39, 0.29) is 17.8 Å². The van der Waals surface area contributed by atoms with Crippen molar-refractivity contribution in [3.8, 4) is 17.6 Å². The number of amides is 1. The predicted molar refractivity (Wildman–Crippen MR) is 116 cm³/mol. The Morgan fingerprint density at radius 3 is 2.28 bits per heavy atom. The van der Waals surface area contributed by atoms with Crippen LogP contribution >= 0.6 is 0 Å². The molecule has 0 bridgehead atoms. The van der Waals surface area contributed by atoms with E-state index in [1.807, 2.05) is 62.4 Å². The molecule has 1 unspecified atom stereocenters. The van der Waals surface area contributed by atoms with Crippen LogP contribution in [0.15, 0.2) is 66.3 Å². The maximum absolute atomic E-state index is 12.0. The van der Waals surface area contributed by atoms with E-state index in [0.717, 1.165) is 22.4 Å². The van der Waals surface area contributed by atoms with Crippen molar-refractivity contribution in [3.63, 3.8) is 0 Å². The summed E-state index contributed by atoms with van der Waals surface area (Å²) in [6.45, 7) is 7.97. The fourth-order valence-corrected chi connectivity index (χ4v) is 2.62. The Morgan fingerprint density at radius 2 is 1.76 bits per heavy atom. The maximum atomic E-state index is 12.0. The molecule has 1 amide bonds. The van der Waals surface area contributed by atoms with E-state index in [1.165, 1.54) is 6.20 Å². The molecule has 0 fully saturated rings. The molecule has 0 spiro atoms. The molecule has 0 saturated heterocycles. The third-order valence-electron chi connectivity index (χ3n) is 3.96. The molecule has 2 aromatic carbocycles. The topological polar surface area (TPSA) is 88.7 Å². The number of amidine groups is 1. The average Bonchev–Trinajstić information content (AvgIpc) is 2.72. The molecule has 0 aromatic heterocycles. The number of aliphatic imine (C=N–C) groups is 1. The van der Waals surface area contributed by atoms with Gasteiger partial charge in [-0.05, 0) is 62.2 Å². The van der Waals surface area contributed by atoms with Gasteiger partial charge in [0.25, 0.3) is 5.91 Å². The van der Waals surface area contributed by atoms with Crippen LogP contribution in [0.4, 0.5) is 0 Å². The number of nitrogens with one attached hydrogen (secondary N) is 2. The summed E-state index contributed by atoms with van der Waals surface area (Å²) in [6.07, 6.45) is 1.93. The Morgan fingerprint density at radius 1 is 1.17 bits per heavy atom. The first-order valence-corrected chi connectivity index (χ1v) is 9.35. The van der Waals surface area contributed by atoms with Gasteiger partial charge in [-0.3, -0.25) is 4.79 Å². The number of carbonyl (C=O) groups excluding carboxylic acids is 1. The van der Waals surface area contributed by atoms with E-state index in [2.05, 4.69) is 34.2 Å². The number of hydrogen-bond acceptors (Lipinski definition) is 4. The number of nitrogens with zero attached hydrogens (tertiary/aromatic N) is 1. The molecule has 0 aliphatic heterocycles. The Bertz CT molecular complexity index is 907. The maximum Gasteiger partial charge on any atom is 0.288 e. The van der Waals surface area contributed by atoms with Gasteiger partial charge in [0.1, 0.15) is 5.75 Å². The molecular weight excluding hydrogens is 364 g/mol. The third kappa shape index (κ3) is 7.17. The number of hydrogen-bond donors (Lipinski definition) is 3. The second kappa shape index (κ2) is 11.3. The van der Waals surface area contributed by atoms with Gasteiger partial charge in [0.2, 0.25) is 5.84 Å². The molecule has 0 radical (unpaired) electrons. The lowest BCUT2D eigenvalue weighted by Gasteiger charge is -2.14. The van der Waals surface area contributed by atoms with Crippen molar-refractivity contribution in [1.29, 1.82) is 0 Å². The van der Waals surface area contributed by atoms with Crippen LogP contribution in [0.2, 0.25) is 0 Å². The van der Waals surface area contributed by atoms with Gasteiger partial charge in [-0.1, -0.05) is 30.6 Å². The number of benzene rings is 2. The van der Waals surface area contributed by atoms with Crippen LogP contribution < -0.4 is 21.3 Å². The summed E-state index contributed by atoms with van der Waals surface area (Å²) < 4.78 is 5.43. The van der Waals surface area contributed by atoms with Crippen LogP contribution in [0.1, 0.15) is 30.5 Å². The molecule has 4 N–H and O–H groups in total. The van der Waals surface area contributed by atoms with E-state index < -0.39 is 0 Å².